The Hall–Kier alpha value is -0.330. The van der Waals surface area contributed by atoms with Gasteiger partial charge in [0.05, 0.1) is 11.6 Å². The molecular formula is C10H21F3N2O. The van der Waals surface area contributed by atoms with E-state index in [1.807, 2.05) is 13.8 Å². The van der Waals surface area contributed by atoms with E-state index >= 15 is 0 Å². The molecule has 1 unspecified atom stereocenters. The predicted octanol–water partition coefficient (Wildman–Crippen LogP) is 2.37. The molecule has 0 bridgehead atoms. The molecule has 0 rings (SSSR count). The highest BCUT2D eigenvalue weighted by Gasteiger charge is 2.38. The molecular weight excluding hydrogens is 221 g/mol. The maximum Gasteiger partial charge on any atom is 0.389 e. The van der Waals surface area contributed by atoms with E-state index in [0.717, 1.165) is 0 Å². The molecule has 0 saturated heterocycles. The van der Waals surface area contributed by atoms with Crippen molar-refractivity contribution >= 4 is 0 Å². The van der Waals surface area contributed by atoms with Gasteiger partial charge in [-0.3, -0.25) is 11.3 Å². The average Bonchev–Trinajstić information content (AvgIpc) is 2.23. The first-order valence-electron chi connectivity index (χ1n) is 5.43. The van der Waals surface area contributed by atoms with Crippen LogP contribution in [0, 0.1) is 0 Å². The lowest BCUT2D eigenvalue weighted by atomic mass is 9.86. The number of hydrogen-bond donors (Lipinski definition) is 2. The largest absolute Gasteiger partial charge is 0.389 e. The molecule has 0 aromatic heterocycles. The Labute approximate surface area is 94.5 Å². The number of nitrogens with one attached hydrogen (secondary N) is 1. The maximum absolute atomic E-state index is 12.1. The number of rotatable bonds is 7. The summed E-state index contributed by atoms with van der Waals surface area (Å²) >= 11 is 0. The summed E-state index contributed by atoms with van der Waals surface area (Å²) in [6.07, 6.45) is -3.85. The number of halogens is 3. The number of nitrogens with two attached hydrogens (primary N) is 1. The molecule has 0 amide bonds. The molecule has 0 saturated carbocycles. The Morgan fingerprint density at radius 2 is 1.75 bits per heavy atom. The molecule has 0 spiro atoms. The first-order chi connectivity index (χ1) is 7.35. The van der Waals surface area contributed by atoms with Gasteiger partial charge in [-0.2, -0.15) is 13.2 Å². The SMILES string of the molecule is CCC(CC)(OC)C(CCC(F)(F)F)NN. The summed E-state index contributed by atoms with van der Waals surface area (Å²) in [5.41, 5.74) is 1.82. The second kappa shape index (κ2) is 6.42. The zero-order chi connectivity index (χ0) is 12.8. The highest BCUT2D eigenvalue weighted by atomic mass is 19.4. The fraction of sp³-hybridized carbons (Fsp3) is 1.00. The Kier molecular flexibility index (Phi) is 6.28. The summed E-state index contributed by atoms with van der Waals surface area (Å²) in [5.74, 6) is 5.32. The van der Waals surface area contributed by atoms with Crippen molar-refractivity contribution in [3.8, 4) is 0 Å². The van der Waals surface area contributed by atoms with E-state index in [-0.39, 0.29) is 6.42 Å². The van der Waals surface area contributed by atoms with Crippen LogP contribution in [-0.2, 0) is 4.74 Å². The number of methoxy groups -OCH3 is 1. The van der Waals surface area contributed by atoms with Crippen LogP contribution in [0.15, 0.2) is 0 Å². The normalized spacial score (nSPS) is 15.2. The summed E-state index contributed by atoms with van der Waals surface area (Å²) in [5, 5.41) is 0. The molecule has 0 aliphatic carbocycles. The fourth-order valence-corrected chi connectivity index (χ4v) is 1.98. The molecule has 0 aromatic carbocycles. The smallest absolute Gasteiger partial charge is 0.377 e. The highest BCUT2D eigenvalue weighted by molar-refractivity contribution is 4.90. The highest BCUT2D eigenvalue weighted by Crippen LogP contribution is 2.30. The van der Waals surface area contributed by atoms with Crippen molar-refractivity contribution in [1.82, 2.24) is 5.43 Å². The van der Waals surface area contributed by atoms with Crippen LogP contribution in [0.25, 0.3) is 0 Å². The molecule has 0 heterocycles. The van der Waals surface area contributed by atoms with Gasteiger partial charge in [0.2, 0.25) is 0 Å². The molecule has 98 valence electrons. The monoisotopic (exact) mass is 242 g/mol. The first kappa shape index (κ1) is 15.7. The zero-order valence-electron chi connectivity index (χ0n) is 10.0. The zero-order valence-corrected chi connectivity index (χ0v) is 10.0. The van der Waals surface area contributed by atoms with Gasteiger partial charge in [-0.15, -0.1) is 0 Å². The van der Waals surface area contributed by atoms with E-state index in [0.29, 0.717) is 12.8 Å². The lowest BCUT2D eigenvalue weighted by Crippen LogP contribution is -2.54. The van der Waals surface area contributed by atoms with Crippen LogP contribution in [0.2, 0.25) is 0 Å². The lowest BCUT2D eigenvalue weighted by molar-refractivity contribution is -0.142. The minimum absolute atomic E-state index is 0.0739. The van der Waals surface area contributed by atoms with Gasteiger partial charge in [0.25, 0.3) is 0 Å². The molecule has 0 aliphatic rings. The number of ether oxygens (including phenoxy) is 1. The summed E-state index contributed by atoms with van der Waals surface area (Å²) in [6.45, 7) is 3.76. The van der Waals surface area contributed by atoms with Crippen LogP contribution in [0.3, 0.4) is 0 Å². The first-order valence-corrected chi connectivity index (χ1v) is 5.43. The van der Waals surface area contributed by atoms with Crippen LogP contribution >= 0.6 is 0 Å². The summed E-state index contributed by atoms with van der Waals surface area (Å²) < 4.78 is 41.8. The number of hydrazine groups is 1. The van der Waals surface area contributed by atoms with Gasteiger partial charge in [-0.05, 0) is 19.3 Å². The van der Waals surface area contributed by atoms with Crippen molar-refractivity contribution in [2.45, 2.75) is 57.3 Å². The quantitative estimate of drug-likeness (QED) is 0.532. The van der Waals surface area contributed by atoms with Crippen molar-refractivity contribution in [3.63, 3.8) is 0 Å². The van der Waals surface area contributed by atoms with Crippen molar-refractivity contribution in [1.29, 1.82) is 0 Å². The van der Waals surface area contributed by atoms with E-state index in [9.17, 15) is 13.2 Å². The fourth-order valence-electron chi connectivity index (χ4n) is 1.98. The Morgan fingerprint density at radius 1 is 1.25 bits per heavy atom. The standard InChI is InChI=1S/C10H21F3N2O/c1-4-9(5-2,16-3)8(15-14)6-7-10(11,12)13/h8,15H,4-7,14H2,1-3H3. The van der Waals surface area contributed by atoms with Gasteiger partial charge < -0.3 is 4.74 Å². The van der Waals surface area contributed by atoms with Gasteiger partial charge in [-0.25, -0.2) is 0 Å². The van der Waals surface area contributed by atoms with Gasteiger partial charge >= 0.3 is 6.18 Å². The summed E-state index contributed by atoms with van der Waals surface area (Å²) in [7, 11) is 1.50. The topological polar surface area (TPSA) is 47.3 Å². The molecule has 0 aromatic rings. The second-order valence-corrected chi connectivity index (χ2v) is 3.85. The molecule has 1 atom stereocenters. The maximum atomic E-state index is 12.1. The summed E-state index contributed by atoms with van der Waals surface area (Å²) in [4.78, 5) is 0. The molecule has 3 N–H and O–H groups in total. The third-order valence-electron chi connectivity index (χ3n) is 3.16. The molecule has 0 radical (unpaired) electrons. The van der Waals surface area contributed by atoms with Crippen LogP contribution in [0.5, 0.6) is 0 Å². The van der Waals surface area contributed by atoms with Crippen molar-refractivity contribution in [2.75, 3.05) is 7.11 Å². The number of alkyl halides is 3. The van der Waals surface area contributed by atoms with E-state index < -0.39 is 24.2 Å². The van der Waals surface area contributed by atoms with Gasteiger partial charge in [0.15, 0.2) is 0 Å². The number of hydrogen-bond acceptors (Lipinski definition) is 3. The predicted molar refractivity (Wildman–Crippen MR) is 56.7 cm³/mol. The summed E-state index contributed by atoms with van der Waals surface area (Å²) in [6, 6.07) is -0.492. The van der Waals surface area contributed by atoms with Crippen molar-refractivity contribution in [2.24, 2.45) is 5.84 Å². The van der Waals surface area contributed by atoms with Crippen molar-refractivity contribution < 1.29 is 17.9 Å². The van der Waals surface area contributed by atoms with E-state index in [2.05, 4.69) is 5.43 Å². The second-order valence-electron chi connectivity index (χ2n) is 3.85. The van der Waals surface area contributed by atoms with E-state index in [4.69, 9.17) is 10.6 Å². The van der Waals surface area contributed by atoms with Gasteiger partial charge in [0, 0.05) is 13.5 Å². The van der Waals surface area contributed by atoms with Crippen LogP contribution in [0.4, 0.5) is 13.2 Å². The van der Waals surface area contributed by atoms with Gasteiger partial charge in [0.1, 0.15) is 0 Å². The third kappa shape index (κ3) is 4.27. The third-order valence-corrected chi connectivity index (χ3v) is 3.16. The van der Waals surface area contributed by atoms with Gasteiger partial charge in [-0.1, -0.05) is 13.8 Å². The molecule has 0 aliphatic heterocycles. The average molecular weight is 242 g/mol. The van der Waals surface area contributed by atoms with Crippen LogP contribution < -0.4 is 11.3 Å². The molecule has 3 nitrogen and oxygen atoms in total. The molecule has 16 heavy (non-hydrogen) atoms. The van der Waals surface area contributed by atoms with Crippen LogP contribution in [-0.4, -0.2) is 24.9 Å². The Balaban J connectivity index is 4.56. The minimum atomic E-state index is -4.16. The lowest BCUT2D eigenvalue weighted by Gasteiger charge is -2.38. The van der Waals surface area contributed by atoms with E-state index in [1.54, 1.807) is 0 Å². The minimum Gasteiger partial charge on any atom is -0.377 e. The van der Waals surface area contributed by atoms with Crippen molar-refractivity contribution in [3.05, 3.63) is 0 Å². The molecule has 0 fully saturated rings. The molecule has 6 heteroatoms. The Morgan fingerprint density at radius 3 is 2.00 bits per heavy atom. The van der Waals surface area contributed by atoms with Crippen LogP contribution in [0.1, 0.15) is 39.5 Å². The Bertz CT molecular complexity index is 185. The van der Waals surface area contributed by atoms with E-state index in [1.165, 1.54) is 7.11 Å².